The van der Waals surface area contributed by atoms with Gasteiger partial charge in [-0.05, 0) is 57.4 Å². The van der Waals surface area contributed by atoms with Crippen molar-refractivity contribution in [2.24, 2.45) is 5.92 Å². The minimum absolute atomic E-state index is 0.247. The van der Waals surface area contributed by atoms with E-state index in [0.29, 0.717) is 30.9 Å². The molecule has 1 fully saturated rings. The van der Waals surface area contributed by atoms with Gasteiger partial charge in [-0.15, -0.1) is 0 Å². The van der Waals surface area contributed by atoms with Crippen LogP contribution in [0.15, 0.2) is 24.3 Å². The van der Waals surface area contributed by atoms with E-state index in [4.69, 9.17) is 19.2 Å². The summed E-state index contributed by atoms with van der Waals surface area (Å²) in [6.07, 6.45) is 2.42. The van der Waals surface area contributed by atoms with Gasteiger partial charge in [0, 0.05) is 36.6 Å². The van der Waals surface area contributed by atoms with Gasteiger partial charge in [-0.2, -0.15) is 0 Å². The predicted molar refractivity (Wildman–Crippen MR) is 112 cm³/mol. The van der Waals surface area contributed by atoms with Crippen LogP contribution < -0.4 is 19.5 Å². The molecule has 0 aliphatic carbocycles. The van der Waals surface area contributed by atoms with Crippen LogP contribution in [-0.4, -0.2) is 54.8 Å². The van der Waals surface area contributed by atoms with Gasteiger partial charge < -0.3 is 19.5 Å². The van der Waals surface area contributed by atoms with E-state index in [2.05, 4.69) is 34.3 Å². The molecule has 7 nitrogen and oxygen atoms in total. The van der Waals surface area contributed by atoms with Crippen LogP contribution in [0.1, 0.15) is 37.2 Å². The molecule has 0 aromatic carbocycles. The number of ether oxygens (including phenoxy) is 3. The second-order valence-corrected chi connectivity index (χ2v) is 7.84. The Morgan fingerprint density at radius 3 is 2.97 bits per heavy atom. The summed E-state index contributed by atoms with van der Waals surface area (Å²) in [6.45, 7) is 8.44. The fourth-order valence-electron chi connectivity index (χ4n) is 4.09. The lowest BCUT2D eigenvalue weighted by molar-refractivity contribution is 0.131. The molecular weight excluding hydrogens is 368 g/mol. The number of fused-ring (bicyclic) bond motifs is 1. The second kappa shape index (κ2) is 8.86. The number of likely N-dealkylation sites (tertiary alicyclic amines) is 1. The molecule has 0 radical (unpaired) electrons. The average molecular weight is 399 g/mol. The third-order valence-electron chi connectivity index (χ3n) is 5.69. The standard InChI is InChI=1S/C22H30N4O3/c1-15-11-18(12-21(24-15)27-3)23-13-17-5-4-8-26(14-17)16(2)19-6-7-20-22(25-19)29-10-9-28-20/h6-7,11-12,16-17H,4-5,8-10,13-14H2,1-3H3,(H,23,24)/t16-,17?/m0/s1. The normalized spacial score (nSPS) is 20.2. The largest absolute Gasteiger partial charge is 0.484 e. The van der Waals surface area contributed by atoms with Crippen molar-refractivity contribution >= 4 is 5.69 Å². The van der Waals surface area contributed by atoms with Crippen LogP contribution in [0, 0.1) is 12.8 Å². The van der Waals surface area contributed by atoms with Crippen LogP contribution in [0.25, 0.3) is 0 Å². The van der Waals surface area contributed by atoms with Gasteiger partial charge in [0.2, 0.25) is 5.88 Å². The number of nitrogens with zero attached hydrogens (tertiary/aromatic N) is 3. The van der Waals surface area contributed by atoms with E-state index in [1.54, 1.807) is 7.11 Å². The lowest BCUT2D eigenvalue weighted by Crippen LogP contribution is -2.39. The molecule has 29 heavy (non-hydrogen) atoms. The molecule has 1 N–H and O–H groups in total. The second-order valence-electron chi connectivity index (χ2n) is 7.84. The summed E-state index contributed by atoms with van der Waals surface area (Å²) in [7, 11) is 1.65. The Hall–Kier alpha value is -2.54. The maximum absolute atomic E-state index is 5.66. The molecule has 0 saturated carbocycles. The molecule has 2 atom stereocenters. The van der Waals surface area contributed by atoms with Crippen LogP contribution in [0.4, 0.5) is 5.69 Å². The van der Waals surface area contributed by atoms with Crippen LogP contribution in [0.2, 0.25) is 0 Å². The Morgan fingerprint density at radius 1 is 1.24 bits per heavy atom. The Kier molecular flexibility index (Phi) is 6.04. The maximum atomic E-state index is 5.66. The molecule has 0 amide bonds. The zero-order valence-corrected chi connectivity index (χ0v) is 17.5. The highest BCUT2D eigenvalue weighted by Crippen LogP contribution is 2.32. The summed E-state index contributed by atoms with van der Waals surface area (Å²) in [5, 5.41) is 3.57. The number of aromatic nitrogens is 2. The van der Waals surface area contributed by atoms with Crippen LogP contribution in [0.5, 0.6) is 17.5 Å². The van der Waals surface area contributed by atoms with E-state index in [0.717, 1.165) is 42.5 Å². The quantitative estimate of drug-likeness (QED) is 0.799. The van der Waals surface area contributed by atoms with Gasteiger partial charge in [0.05, 0.1) is 12.8 Å². The van der Waals surface area contributed by atoms with Gasteiger partial charge in [-0.25, -0.2) is 9.97 Å². The number of nitrogens with one attached hydrogen (secondary N) is 1. The number of hydrogen-bond acceptors (Lipinski definition) is 7. The summed E-state index contributed by atoms with van der Waals surface area (Å²) in [5.41, 5.74) is 3.06. The van der Waals surface area contributed by atoms with E-state index in [9.17, 15) is 0 Å². The number of piperidine rings is 1. The number of hydrogen-bond donors (Lipinski definition) is 1. The van der Waals surface area contributed by atoms with Crippen LogP contribution in [-0.2, 0) is 0 Å². The first kappa shape index (κ1) is 19.8. The first-order chi connectivity index (χ1) is 14.1. The van der Waals surface area contributed by atoms with E-state index in [1.807, 2.05) is 19.1 Å². The van der Waals surface area contributed by atoms with Gasteiger partial charge in [0.15, 0.2) is 5.75 Å². The van der Waals surface area contributed by atoms with E-state index >= 15 is 0 Å². The SMILES string of the molecule is COc1cc(NCC2CCCN([C@@H](C)c3ccc4c(n3)OCCO4)C2)cc(C)n1. The lowest BCUT2D eigenvalue weighted by Gasteiger charge is -2.37. The first-order valence-corrected chi connectivity index (χ1v) is 10.4. The topological polar surface area (TPSA) is 68.7 Å². The summed E-state index contributed by atoms with van der Waals surface area (Å²) >= 11 is 0. The third kappa shape index (κ3) is 4.72. The minimum Gasteiger partial charge on any atom is -0.484 e. The molecular formula is C22H30N4O3. The van der Waals surface area contributed by atoms with E-state index in [1.165, 1.54) is 12.8 Å². The molecule has 2 aliphatic rings. The van der Waals surface area contributed by atoms with Crippen molar-refractivity contribution in [2.45, 2.75) is 32.7 Å². The molecule has 0 bridgehead atoms. The van der Waals surface area contributed by atoms with Gasteiger partial charge in [0.25, 0.3) is 5.88 Å². The smallest absolute Gasteiger partial charge is 0.257 e. The zero-order chi connectivity index (χ0) is 20.2. The molecule has 1 unspecified atom stereocenters. The van der Waals surface area contributed by atoms with Gasteiger partial charge >= 0.3 is 0 Å². The van der Waals surface area contributed by atoms with Gasteiger partial charge in [-0.3, -0.25) is 4.90 Å². The van der Waals surface area contributed by atoms with Crippen LogP contribution in [0.3, 0.4) is 0 Å². The molecule has 2 aromatic heterocycles. The van der Waals surface area contributed by atoms with Crippen molar-refractivity contribution in [2.75, 3.05) is 45.3 Å². The maximum Gasteiger partial charge on any atom is 0.257 e. The summed E-state index contributed by atoms with van der Waals surface area (Å²) in [6, 6.07) is 8.30. The molecule has 1 saturated heterocycles. The van der Waals surface area contributed by atoms with Crippen molar-refractivity contribution in [1.29, 1.82) is 0 Å². The zero-order valence-electron chi connectivity index (χ0n) is 17.5. The Balaban J connectivity index is 1.37. The van der Waals surface area contributed by atoms with Crippen molar-refractivity contribution in [3.8, 4) is 17.5 Å². The molecule has 2 aromatic rings. The Labute approximate surface area is 172 Å². The van der Waals surface area contributed by atoms with Gasteiger partial charge in [-0.1, -0.05) is 0 Å². The van der Waals surface area contributed by atoms with Crippen molar-refractivity contribution in [3.63, 3.8) is 0 Å². The average Bonchev–Trinajstić information content (AvgIpc) is 2.76. The number of rotatable bonds is 6. The minimum atomic E-state index is 0.247. The highest BCUT2D eigenvalue weighted by molar-refractivity contribution is 5.47. The lowest BCUT2D eigenvalue weighted by atomic mass is 9.96. The predicted octanol–water partition coefficient (Wildman–Crippen LogP) is 3.45. The fourth-order valence-corrected chi connectivity index (χ4v) is 4.09. The summed E-state index contributed by atoms with van der Waals surface area (Å²) in [5.74, 6) is 2.60. The van der Waals surface area contributed by atoms with E-state index in [-0.39, 0.29) is 6.04 Å². The molecule has 0 spiro atoms. The third-order valence-corrected chi connectivity index (χ3v) is 5.69. The highest BCUT2D eigenvalue weighted by Gasteiger charge is 2.26. The number of methoxy groups -OCH3 is 1. The molecule has 2 aliphatic heterocycles. The van der Waals surface area contributed by atoms with Gasteiger partial charge in [0.1, 0.15) is 13.2 Å². The molecule has 156 valence electrons. The molecule has 7 heteroatoms. The Bertz CT molecular complexity index is 845. The number of anilines is 1. The monoisotopic (exact) mass is 398 g/mol. The summed E-state index contributed by atoms with van der Waals surface area (Å²) in [4.78, 5) is 11.6. The number of aryl methyl sites for hydroxylation is 1. The van der Waals surface area contributed by atoms with Crippen molar-refractivity contribution < 1.29 is 14.2 Å². The summed E-state index contributed by atoms with van der Waals surface area (Å²) < 4.78 is 16.5. The molecule has 4 rings (SSSR count). The van der Waals surface area contributed by atoms with Crippen molar-refractivity contribution in [1.82, 2.24) is 14.9 Å². The van der Waals surface area contributed by atoms with Crippen molar-refractivity contribution in [3.05, 3.63) is 35.7 Å². The van der Waals surface area contributed by atoms with E-state index < -0.39 is 0 Å². The fraction of sp³-hybridized carbons (Fsp3) is 0.545. The highest BCUT2D eigenvalue weighted by atomic mass is 16.6. The Morgan fingerprint density at radius 2 is 2.10 bits per heavy atom. The number of pyridine rings is 2. The first-order valence-electron chi connectivity index (χ1n) is 10.4. The molecule has 4 heterocycles. The van der Waals surface area contributed by atoms with Crippen LogP contribution >= 0.6 is 0 Å².